The minimum atomic E-state index is -0.498. The van der Waals surface area contributed by atoms with Gasteiger partial charge in [-0.25, -0.2) is 0 Å². The molecule has 3 fully saturated rings. The maximum atomic E-state index is 13.4. The number of Topliss-reactive ketones (excluding diaryl/α,β-unsaturated/α-hetero) is 1. The zero-order valence-electron chi connectivity index (χ0n) is 20.2. The summed E-state index contributed by atoms with van der Waals surface area (Å²) in [6, 6.07) is 14.7. The van der Waals surface area contributed by atoms with E-state index in [0.29, 0.717) is 19.6 Å². The summed E-state index contributed by atoms with van der Waals surface area (Å²) in [5.74, 6) is 2.53. The highest BCUT2D eigenvalue weighted by Crippen LogP contribution is 2.66. The van der Waals surface area contributed by atoms with E-state index in [0.717, 1.165) is 55.3 Å². The van der Waals surface area contributed by atoms with Gasteiger partial charge in [-0.1, -0.05) is 42.5 Å². The molecule has 4 atom stereocenters. The Hall–Kier alpha value is -2.63. The van der Waals surface area contributed by atoms with Crippen LogP contribution in [-0.4, -0.2) is 48.1 Å². The van der Waals surface area contributed by atoms with Crippen molar-refractivity contribution in [3.8, 4) is 11.5 Å². The van der Waals surface area contributed by atoms with Crippen LogP contribution >= 0.6 is 0 Å². The van der Waals surface area contributed by atoms with Gasteiger partial charge in [-0.2, -0.15) is 0 Å². The molecule has 2 aromatic carbocycles. The number of carbonyl (C=O) groups excluding carboxylic acids is 1. The molecule has 5 nitrogen and oxygen atoms in total. The molecule has 0 N–H and O–H groups in total. The molecular weight excluding hydrogens is 438 g/mol. The predicted molar refractivity (Wildman–Crippen MR) is 133 cm³/mol. The number of nitrogens with zero attached hydrogens (tertiary/aromatic N) is 1. The van der Waals surface area contributed by atoms with E-state index < -0.39 is 17.1 Å². The van der Waals surface area contributed by atoms with E-state index in [2.05, 4.69) is 29.7 Å². The number of rotatable bonds is 8. The Morgan fingerprint density at radius 2 is 2.00 bits per heavy atom. The summed E-state index contributed by atoms with van der Waals surface area (Å²) in [7, 11) is 0. The Kier molecular flexibility index (Phi) is 4.91. The smallest absolute Gasteiger partial charge is 0.174 e. The van der Waals surface area contributed by atoms with Crippen LogP contribution in [-0.2, 0) is 28.0 Å². The van der Waals surface area contributed by atoms with Gasteiger partial charge in [-0.3, -0.25) is 9.69 Å². The van der Waals surface area contributed by atoms with Crippen molar-refractivity contribution in [3.63, 3.8) is 0 Å². The Labute approximate surface area is 207 Å². The second-order valence-corrected chi connectivity index (χ2v) is 11.0. The standard InChI is InChI=1S/C30H33NO4/c1-2-16-34-30-13-12-23(32)28-29(30)14-15-31(18-20-8-9-20)25(30)17-22-10-11-24(27(35-28)26(22)29)33-19-21-6-4-3-5-7-21/h2-7,10-11,20,25,28H,1,8-9,12-19H2/t25-,28?,29+,30-/m1/s1. The number of benzene rings is 2. The van der Waals surface area contributed by atoms with Crippen molar-refractivity contribution >= 4 is 5.78 Å². The van der Waals surface area contributed by atoms with E-state index in [-0.39, 0.29) is 11.8 Å². The summed E-state index contributed by atoms with van der Waals surface area (Å²) < 4.78 is 19.8. The summed E-state index contributed by atoms with van der Waals surface area (Å²) in [6.07, 6.45) is 7.08. The lowest BCUT2D eigenvalue weighted by molar-refractivity contribution is -0.209. The fourth-order valence-electron chi connectivity index (χ4n) is 7.58. The van der Waals surface area contributed by atoms with Gasteiger partial charge in [0, 0.05) is 24.6 Å². The summed E-state index contributed by atoms with van der Waals surface area (Å²) in [6.45, 7) is 7.04. The summed E-state index contributed by atoms with van der Waals surface area (Å²) in [4.78, 5) is 16.1. The first-order valence-electron chi connectivity index (χ1n) is 13.2. The van der Waals surface area contributed by atoms with Crippen LogP contribution < -0.4 is 9.47 Å². The van der Waals surface area contributed by atoms with Gasteiger partial charge >= 0.3 is 0 Å². The number of piperidine rings is 1. The zero-order chi connectivity index (χ0) is 23.6. The third kappa shape index (κ3) is 3.04. The molecule has 1 unspecified atom stereocenters. The molecule has 2 aromatic rings. The van der Waals surface area contributed by atoms with Crippen molar-refractivity contribution in [1.82, 2.24) is 4.90 Å². The first kappa shape index (κ1) is 21.6. The average Bonchev–Trinajstić information content (AvgIpc) is 3.63. The van der Waals surface area contributed by atoms with Gasteiger partial charge in [0.15, 0.2) is 23.4 Å². The highest BCUT2D eigenvalue weighted by atomic mass is 16.5. The maximum absolute atomic E-state index is 13.4. The van der Waals surface area contributed by atoms with Gasteiger partial charge in [0.25, 0.3) is 0 Å². The van der Waals surface area contributed by atoms with Crippen LogP contribution in [0, 0.1) is 5.92 Å². The first-order chi connectivity index (χ1) is 17.2. The third-order valence-corrected chi connectivity index (χ3v) is 9.20. The molecule has 7 rings (SSSR count). The van der Waals surface area contributed by atoms with E-state index in [1.807, 2.05) is 30.3 Å². The molecule has 35 heavy (non-hydrogen) atoms. The number of hydrogen-bond donors (Lipinski definition) is 0. The maximum Gasteiger partial charge on any atom is 0.174 e. The van der Waals surface area contributed by atoms with Crippen molar-refractivity contribution in [2.45, 2.75) is 68.3 Å². The molecule has 2 saturated carbocycles. The van der Waals surface area contributed by atoms with Crippen LogP contribution in [0.4, 0.5) is 0 Å². The molecule has 0 aromatic heterocycles. The van der Waals surface area contributed by atoms with Gasteiger partial charge < -0.3 is 14.2 Å². The van der Waals surface area contributed by atoms with Crippen LogP contribution in [0.3, 0.4) is 0 Å². The van der Waals surface area contributed by atoms with Crippen LogP contribution in [0.1, 0.15) is 48.8 Å². The van der Waals surface area contributed by atoms with E-state index >= 15 is 0 Å². The zero-order valence-corrected chi connectivity index (χ0v) is 20.2. The summed E-state index contributed by atoms with van der Waals surface area (Å²) in [5, 5.41) is 0. The molecule has 5 heteroatoms. The van der Waals surface area contributed by atoms with Gasteiger partial charge in [-0.05, 0) is 61.8 Å². The number of hydrogen-bond acceptors (Lipinski definition) is 5. The Balaban J connectivity index is 1.35. The summed E-state index contributed by atoms with van der Waals surface area (Å²) >= 11 is 0. The number of ether oxygens (including phenoxy) is 3. The monoisotopic (exact) mass is 471 g/mol. The van der Waals surface area contributed by atoms with Crippen molar-refractivity contribution in [3.05, 3.63) is 71.8 Å². The third-order valence-electron chi connectivity index (χ3n) is 9.20. The SMILES string of the molecule is C=CCO[C@@]12CCC(=O)C3Oc4c(OCc5ccccc5)ccc5c4[C@@]31CCN(CC1CC1)[C@@H]2C5. The lowest BCUT2D eigenvalue weighted by Crippen LogP contribution is -2.77. The van der Waals surface area contributed by atoms with Crippen LogP contribution in [0.2, 0.25) is 0 Å². The second-order valence-electron chi connectivity index (χ2n) is 11.0. The van der Waals surface area contributed by atoms with Gasteiger partial charge in [0.1, 0.15) is 6.61 Å². The fourth-order valence-corrected chi connectivity index (χ4v) is 7.58. The molecule has 2 aliphatic heterocycles. The summed E-state index contributed by atoms with van der Waals surface area (Å²) in [5.41, 5.74) is 2.70. The molecule has 5 aliphatic rings. The molecule has 2 heterocycles. The molecule has 1 saturated heterocycles. The highest BCUT2D eigenvalue weighted by molar-refractivity contribution is 5.90. The first-order valence-corrected chi connectivity index (χ1v) is 13.2. The largest absolute Gasteiger partial charge is 0.485 e. The van der Waals surface area contributed by atoms with E-state index in [1.54, 1.807) is 0 Å². The van der Waals surface area contributed by atoms with E-state index in [9.17, 15) is 4.79 Å². The quantitative estimate of drug-likeness (QED) is 0.527. The Morgan fingerprint density at radius 3 is 2.80 bits per heavy atom. The highest BCUT2D eigenvalue weighted by Gasteiger charge is 2.74. The van der Waals surface area contributed by atoms with Gasteiger partial charge in [-0.15, -0.1) is 6.58 Å². The van der Waals surface area contributed by atoms with Crippen molar-refractivity contribution in [1.29, 1.82) is 0 Å². The Morgan fingerprint density at radius 1 is 1.14 bits per heavy atom. The normalized spacial score (nSPS) is 32.6. The van der Waals surface area contributed by atoms with Crippen LogP contribution in [0.5, 0.6) is 11.5 Å². The van der Waals surface area contributed by atoms with E-state index in [1.165, 1.54) is 24.0 Å². The van der Waals surface area contributed by atoms with Gasteiger partial charge in [0.2, 0.25) is 0 Å². The van der Waals surface area contributed by atoms with Crippen LogP contribution in [0.25, 0.3) is 0 Å². The number of likely N-dealkylation sites (tertiary alicyclic amines) is 1. The van der Waals surface area contributed by atoms with E-state index in [4.69, 9.17) is 14.2 Å². The van der Waals surface area contributed by atoms with Gasteiger partial charge in [0.05, 0.1) is 17.6 Å². The molecule has 2 bridgehead atoms. The molecular formula is C30H33NO4. The molecule has 182 valence electrons. The molecule has 0 radical (unpaired) electrons. The minimum Gasteiger partial charge on any atom is -0.485 e. The van der Waals surface area contributed by atoms with Crippen molar-refractivity contribution < 1.29 is 19.0 Å². The lowest BCUT2D eigenvalue weighted by atomic mass is 9.48. The fraction of sp³-hybridized carbons (Fsp3) is 0.500. The molecule has 3 aliphatic carbocycles. The minimum absolute atomic E-state index is 0.204. The average molecular weight is 472 g/mol. The van der Waals surface area contributed by atoms with Crippen LogP contribution in [0.15, 0.2) is 55.1 Å². The lowest BCUT2D eigenvalue weighted by Gasteiger charge is -2.64. The van der Waals surface area contributed by atoms with Crippen molar-refractivity contribution in [2.24, 2.45) is 5.92 Å². The number of carbonyl (C=O) groups is 1. The second kappa shape index (κ2) is 7.94. The number of ketones is 1. The topological polar surface area (TPSA) is 48.0 Å². The predicted octanol–water partition coefficient (Wildman–Crippen LogP) is 4.61. The Bertz CT molecular complexity index is 1170. The van der Waals surface area contributed by atoms with Crippen molar-refractivity contribution in [2.75, 3.05) is 19.7 Å². The molecule has 0 amide bonds. The molecule has 1 spiro atoms.